The molecule has 28 heavy (non-hydrogen) atoms. The van der Waals surface area contributed by atoms with Crippen LogP contribution in [-0.2, 0) is 11.3 Å². The summed E-state index contributed by atoms with van der Waals surface area (Å²) in [4.78, 5) is 17.9. The van der Waals surface area contributed by atoms with E-state index in [1.807, 2.05) is 17.7 Å². The van der Waals surface area contributed by atoms with Gasteiger partial charge in [-0.25, -0.2) is 9.37 Å². The molecule has 0 spiro atoms. The van der Waals surface area contributed by atoms with Gasteiger partial charge in [0.25, 0.3) is 0 Å². The van der Waals surface area contributed by atoms with Crippen molar-refractivity contribution in [3.63, 3.8) is 0 Å². The van der Waals surface area contributed by atoms with Crippen molar-refractivity contribution in [2.75, 3.05) is 11.4 Å². The van der Waals surface area contributed by atoms with E-state index in [2.05, 4.69) is 34.6 Å². The Labute approximate surface area is 163 Å². The Morgan fingerprint density at radius 2 is 2.04 bits per heavy atom. The van der Waals surface area contributed by atoms with E-state index in [0.717, 1.165) is 34.7 Å². The Balaban J connectivity index is 1.49. The molecule has 0 saturated heterocycles. The molecule has 0 aliphatic carbocycles. The molecule has 2 heterocycles. The molecule has 0 radical (unpaired) electrons. The van der Waals surface area contributed by atoms with Gasteiger partial charge in [-0.3, -0.25) is 4.79 Å². The second-order valence-corrected chi connectivity index (χ2v) is 7.11. The van der Waals surface area contributed by atoms with Crippen LogP contribution in [-0.4, -0.2) is 22.0 Å². The number of aromatic nitrogens is 2. The third kappa shape index (κ3) is 3.55. The second kappa shape index (κ2) is 7.56. The number of halogens is 1. The normalized spacial score (nSPS) is 16.1. The lowest BCUT2D eigenvalue weighted by Crippen LogP contribution is -2.38. The highest BCUT2D eigenvalue weighted by molar-refractivity contribution is 5.93. The Hall–Kier alpha value is -2.99. The molecule has 0 bridgehead atoms. The van der Waals surface area contributed by atoms with Crippen LogP contribution in [0.4, 0.5) is 10.1 Å². The van der Waals surface area contributed by atoms with E-state index in [0.29, 0.717) is 13.1 Å². The minimum atomic E-state index is -0.281. The highest BCUT2D eigenvalue weighted by Gasteiger charge is 2.27. The predicted octanol–water partition coefficient (Wildman–Crippen LogP) is 3.91. The van der Waals surface area contributed by atoms with E-state index in [1.165, 1.54) is 12.1 Å². The molecule has 0 saturated carbocycles. The van der Waals surface area contributed by atoms with E-state index in [9.17, 15) is 9.18 Å². The summed E-state index contributed by atoms with van der Waals surface area (Å²) in [6.07, 6.45) is 4.48. The Morgan fingerprint density at radius 3 is 2.71 bits per heavy atom. The second-order valence-electron chi connectivity index (χ2n) is 7.11. The molecular formula is C22H23FN4O. The number of anilines is 1. The van der Waals surface area contributed by atoms with Gasteiger partial charge in [-0.2, -0.15) is 0 Å². The van der Waals surface area contributed by atoms with Crippen LogP contribution in [0.2, 0.25) is 0 Å². The molecule has 1 unspecified atom stereocenters. The van der Waals surface area contributed by atoms with E-state index >= 15 is 0 Å². The van der Waals surface area contributed by atoms with E-state index in [1.54, 1.807) is 24.1 Å². The third-order valence-corrected chi connectivity index (χ3v) is 5.27. The average molecular weight is 378 g/mol. The Bertz CT molecular complexity index is 996. The van der Waals surface area contributed by atoms with E-state index in [-0.39, 0.29) is 17.8 Å². The molecule has 1 aliphatic heterocycles. The maximum Gasteiger partial charge on any atom is 0.223 e. The summed E-state index contributed by atoms with van der Waals surface area (Å²) in [5.41, 5.74) is 3.85. The van der Waals surface area contributed by atoms with Crippen molar-refractivity contribution in [2.24, 2.45) is 0 Å². The maximum absolute atomic E-state index is 13.8. The fraction of sp³-hybridized carbons (Fsp3) is 0.273. The quantitative estimate of drug-likeness (QED) is 0.749. The maximum atomic E-state index is 13.8. The lowest BCUT2D eigenvalue weighted by atomic mass is 9.95. The first-order valence-corrected chi connectivity index (χ1v) is 9.43. The molecule has 1 N–H and O–H groups in total. The van der Waals surface area contributed by atoms with Gasteiger partial charge in [-0.15, -0.1) is 0 Å². The van der Waals surface area contributed by atoms with Crippen molar-refractivity contribution in [3.05, 3.63) is 77.6 Å². The first-order valence-electron chi connectivity index (χ1n) is 9.43. The van der Waals surface area contributed by atoms with Crippen molar-refractivity contribution in [1.82, 2.24) is 14.9 Å². The number of hydrogen-bond acceptors (Lipinski definition) is 3. The lowest BCUT2D eigenvalue weighted by molar-refractivity contribution is -0.116. The van der Waals surface area contributed by atoms with Crippen molar-refractivity contribution >= 4 is 11.6 Å². The number of carbonyl (C=O) groups excluding carboxylic acids is 1. The van der Waals surface area contributed by atoms with Gasteiger partial charge in [0.15, 0.2) is 0 Å². The molecule has 2 aromatic carbocycles. The molecule has 4 rings (SSSR count). The highest BCUT2D eigenvalue weighted by atomic mass is 19.1. The number of fused-ring (bicyclic) bond motifs is 1. The lowest BCUT2D eigenvalue weighted by Gasteiger charge is -2.34. The van der Waals surface area contributed by atoms with Crippen molar-refractivity contribution in [3.8, 4) is 5.69 Å². The summed E-state index contributed by atoms with van der Waals surface area (Å²) in [6, 6.07) is 13.0. The van der Waals surface area contributed by atoms with Gasteiger partial charge in [-0.05, 0) is 54.8 Å². The Morgan fingerprint density at radius 1 is 1.25 bits per heavy atom. The number of rotatable bonds is 4. The summed E-state index contributed by atoms with van der Waals surface area (Å²) in [5.74, 6) is 0.648. The smallest absolute Gasteiger partial charge is 0.223 e. The number of carbonyl (C=O) groups is 1. The molecule has 1 amide bonds. The first kappa shape index (κ1) is 18.4. The van der Waals surface area contributed by atoms with Crippen LogP contribution >= 0.6 is 0 Å². The minimum Gasteiger partial charge on any atom is -0.312 e. The fourth-order valence-corrected chi connectivity index (χ4v) is 3.79. The molecule has 1 aromatic heterocycles. The van der Waals surface area contributed by atoms with Crippen LogP contribution in [0.15, 0.2) is 54.9 Å². The van der Waals surface area contributed by atoms with Gasteiger partial charge in [0.1, 0.15) is 11.6 Å². The predicted molar refractivity (Wildman–Crippen MR) is 107 cm³/mol. The standard InChI is InChI=1S/C22H23FN4O/c1-15-24-10-12-26(15)19-6-3-17(4-7-19)14-25-21-9-11-27(16(2)28)22-8-5-18(23)13-20(21)22/h3-8,10,12-13,21,25H,9,11,14H2,1-2H3. The molecular weight excluding hydrogens is 355 g/mol. The Kier molecular flexibility index (Phi) is 4.96. The molecule has 1 atom stereocenters. The zero-order chi connectivity index (χ0) is 19.7. The summed E-state index contributed by atoms with van der Waals surface area (Å²) in [5, 5.41) is 3.52. The monoisotopic (exact) mass is 378 g/mol. The third-order valence-electron chi connectivity index (χ3n) is 5.27. The summed E-state index contributed by atoms with van der Waals surface area (Å²) in [6.45, 7) is 4.82. The molecule has 5 nitrogen and oxygen atoms in total. The molecule has 3 aromatic rings. The van der Waals surface area contributed by atoms with Gasteiger partial charge in [0, 0.05) is 49.8 Å². The zero-order valence-corrected chi connectivity index (χ0v) is 16.0. The van der Waals surface area contributed by atoms with Gasteiger partial charge in [0.05, 0.1) is 0 Å². The van der Waals surface area contributed by atoms with Crippen molar-refractivity contribution < 1.29 is 9.18 Å². The fourth-order valence-electron chi connectivity index (χ4n) is 3.79. The van der Waals surface area contributed by atoms with E-state index in [4.69, 9.17) is 0 Å². The number of aryl methyl sites for hydroxylation is 1. The SMILES string of the molecule is CC(=O)N1CCC(NCc2ccc(-n3ccnc3C)cc2)c2cc(F)ccc21. The van der Waals surface area contributed by atoms with Crippen molar-refractivity contribution in [1.29, 1.82) is 0 Å². The zero-order valence-electron chi connectivity index (χ0n) is 16.0. The largest absolute Gasteiger partial charge is 0.312 e. The summed E-state index contributed by atoms with van der Waals surface area (Å²) in [7, 11) is 0. The van der Waals surface area contributed by atoms with Crippen LogP contribution in [0.25, 0.3) is 5.69 Å². The van der Waals surface area contributed by atoms with Gasteiger partial charge < -0.3 is 14.8 Å². The van der Waals surface area contributed by atoms with Crippen LogP contribution in [0.1, 0.15) is 36.3 Å². The van der Waals surface area contributed by atoms with Crippen LogP contribution in [0, 0.1) is 12.7 Å². The van der Waals surface area contributed by atoms with E-state index < -0.39 is 0 Å². The molecule has 0 fully saturated rings. The number of hydrogen-bond donors (Lipinski definition) is 1. The highest BCUT2D eigenvalue weighted by Crippen LogP contribution is 2.34. The van der Waals surface area contributed by atoms with Gasteiger partial charge in [0.2, 0.25) is 5.91 Å². The summed E-state index contributed by atoms with van der Waals surface area (Å²) >= 11 is 0. The van der Waals surface area contributed by atoms with Crippen LogP contribution in [0.3, 0.4) is 0 Å². The topological polar surface area (TPSA) is 50.2 Å². The van der Waals surface area contributed by atoms with Crippen molar-refractivity contribution in [2.45, 2.75) is 32.9 Å². The number of nitrogens with zero attached hydrogens (tertiary/aromatic N) is 3. The number of amides is 1. The van der Waals surface area contributed by atoms with Gasteiger partial charge >= 0.3 is 0 Å². The molecule has 6 heteroatoms. The minimum absolute atomic E-state index is 0.0110. The summed E-state index contributed by atoms with van der Waals surface area (Å²) < 4.78 is 15.9. The first-order chi connectivity index (χ1) is 13.5. The van der Waals surface area contributed by atoms with Crippen LogP contribution in [0.5, 0.6) is 0 Å². The van der Waals surface area contributed by atoms with Gasteiger partial charge in [-0.1, -0.05) is 12.1 Å². The number of benzene rings is 2. The molecule has 144 valence electrons. The van der Waals surface area contributed by atoms with Crippen LogP contribution < -0.4 is 10.2 Å². The number of imidazole rings is 1. The average Bonchev–Trinajstić information content (AvgIpc) is 3.12. The molecule has 1 aliphatic rings. The number of nitrogens with one attached hydrogen (secondary N) is 1.